The Morgan fingerprint density at radius 1 is 1.25 bits per heavy atom. The number of hydrogen-bond acceptors (Lipinski definition) is 4. The van der Waals surface area contributed by atoms with Gasteiger partial charge in [-0.15, -0.1) is 35.3 Å². The van der Waals surface area contributed by atoms with Crippen molar-refractivity contribution in [1.29, 1.82) is 0 Å². The molecule has 1 aromatic carbocycles. The number of thiazole rings is 1. The summed E-state index contributed by atoms with van der Waals surface area (Å²) >= 11 is 1.68. The predicted octanol–water partition coefficient (Wildman–Crippen LogP) is 3.49. The summed E-state index contributed by atoms with van der Waals surface area (Å²) in [7, 11) is 1.77. The van der Waals surface area contributed by atoms with Crippen LogP contribution in [0.15, 0.2) is 34.6 Å². The van der Waals surface area contributed by atoms with Crippen LogP contribution in [0, 0.1) is 6.92 Å². The Balaban J connectivity index is 0.00000280. The Kier molecular flexibility index (Phi) is 9.17. The van der Waals surface area contributed by atoms with Gasteiger partial charge in [-0.1, -0.05) is 12.1 Å². The van der Waals surface area contributed by atoms with Crippen LogP contribution in [0.5, 0.6) is 0 Å². The highest BCUT2D eigenvalue weighted by Gasteiger charge is 2.19. The van der Waals surface area contributed by atoms with Crippen molar-refractivity contribution in [2.75, 3.05) is 25.0 Å². The van der Waals surface area contributed by atoms with Crippen LogP contribution in [0.25, 0.3) is 0 Å². The van der Waals surface area contributed by atoms with Gasteiger partial charge in [-0.25, -0.2) is 4.98 Å². The molecule has 0 atom stereocenters. The van der Waals surface area contributed by atoms with Crippen molar-refractivity contribution in [3.8, 4) is 0 Å². The molecule has 0 spiro atoms. The van der Waals surface area contributed by atoms with E-state index in [-0.39, 0.29) is 29.9 Å². The van der Waals surface area contributed by atoms with Crippen LogP contribution in [-0.2, 0) is 17.8 Å². The summed E-state index contributed by atoms with van der Waals surface area (Å²) in [4.78, 5) is 22.6. The topological polar surface area (TPSA) is 69.6 Å². The minimum Gasteiger partial charge on any atom is -0.356 e. The maximum absolute atomic E-state index is 12.0. The van der Waals surface area contributed by atoms with Gasteiger partial charge in [-0.3, -0.25) is 9.79 Å². The summed E-state index contributed by atoms with van der Waals surface area (Å²) in [6.45, 7) is 4.32. The van der Waals surface area contributed by atoms with Crippen molar-refractivity contribution in [2.45, 2.75) is 39.2 Å². The van der Waals surface area contributed by atoms with Gasteiger partial charge in [0.2, 0.25) is 5.91 Å². The van der Waals surface area contributed by atoms with Gasteiger partial charge >= 0.3 is 0 Å². The van der Waals surface area contributed by atoms with Crippen molar-refractivity contribution in [1.82, 2.24) is 15.6 Å². The lowest BCUT2D eigenvalue weighted by Crippen LogP contribution is -2.38. The van der Waals surface area contributed by atoms with E-state index in [0.29, 0.717) is 13.0 Å². The van der Waals surface area contributed by atoms with Crippen molar-refractivity contribution in [2.24, 2.45) is 4.99 Å². The highest BCUT2D eigenvalue weighted by atomic mass is 127. The first-order valence-electron chi connectivity index (χ1n) is 9.40. The predicted molar refractivity (Wildman–Crippen MR) is 127 cm³/mol. The number of aryl methyl sites for hydroxylation is 1. The molecule has 0 saturated carbocycles. The van der Waals surface area contributed by atoms with E-state index in [0.717, 1.165) is 60.3 Å². The molecule has 2 heterocycles. The Morgan fingerprint density at radius 2 is 2.04 bits per heavy atom. The molecule has 8 heteroatoms. The van der Waals surface area contributed by atoms with E-state index in [2.05, 4.69) is 38.1 Å². The number of piperidine rings is 1. The number of carbonyl (C=O) groups excluding carboxylic acids is 1. The number of aliphatic imine (C=N–C) groups is 1. The highest BCUT2D eigenvalue weighted by Crippen LogP contribution is 2.21. The molecule has 1 aliphatic heterocycles. The second-order valence-corrected chi connectivity index (χ2v) is 7.69. The van der Waals surface area contributed by atoms with E-state index in [9.17, 15) is 4.79 Å². The van der Waals surface area contributed by atoms with Crippen LogP contribution in [0.1, 0.15) is 35.5 Å². The Morgan fingerprint density at radius 3 is 2.68 bits per heavy atom. The van der Waals surface area contributed by atoms with Crippen LogP contribution < -0.4 is 15.5 Å². The molecule has 1 amide bonds. The number of halogens is 1. The number of guanidine groups is 1. The third-order valence-electron chi connectivity index (χ3n) is 4.60. The fourth-order valence-corrected chi connectivity index (χ4v) is 3.76. The SMILES string of the molecule is CN=C(NCCc1csc(C)n1)NCc1ccc(N2CCCCC2=O)cc1.I. The molecule has 152 valence electrons. The van der Waals surface area contributed by atoms with Crippen molar-refractivity contribution >= 4 is 52.9 Å². The Hall–Kier alpha value is -1.68. The fourth-order valence-electron chi connectivity index (χ4n) is 3.11. The second kappa shape index (κ2) is 11.4. The first-order chi connectivity index (χ1) is 13.2. The number of amides is 1. The van der Waals surface area contributed by atoms with Gasteiger partial charge in [-0.2, -0.15) is 0 Å². The zero-order valence-corrected chi connectivity index (χ0v) is 19.5. The van der Waals surface area contributed by atoms with E-state index >= 15 is 0 Å². The molecule has 0 unspecified atom stereocenters. The number of rotatable bonds is 6. The molecule has 0 bridgehead atoms. The molecule has 1 aromatic heterocycles. The average molecular weight is 513 g/mol. The summed E-state index contributed by atoms with van der Waals surface area (Å²) in [5, 5.41) is 9.84. The monoisotopic (exact) mass is 513 g/mol. The van der Waals surface area contributed by atoms with Gasteiger partial charge < -0.3 is 15.5 Å². The summed E-state index contributed by atoms with van der Waals surface area (Å²) in [5.74, 6) is 1.00. The summed E-state index contributed by atoms with van der Waals surface area (Å²) < 4.78 is 0. The fraction of sp³-hybridized carbons (Fsp3) is 0.450. The standard InChI is InChI=1S/C20H27N5OS.HI/c1-15-24-17(14-27-15)10-11-22-20(21-2)23-13-16-6-8-18(9-7-16)25-12-4-3-5-19(25)26;/h6-9,14H,3-5,10-13H2,1-2H3,(H2,21,22,23);1H. The van der Waals surface area contributed by atoms with E-state index in [1.165, 1.54) is 0 Å². The molecular formula is C20H28IN5OS. The Labute approximate surface area is 187 Å². The number of nitrogens with zero attached hydrogens (tertiary/aromatic N) is 3. The van der Waals surface area contributed by atoms with Gasteiger partial charge in [0.25, 0.3) is 0 Å². The third kappa shape index (κ3) is 6.44. The van der Waals surface area contributed by atoms with E-state index in [1.54, 1.807) is 18.4 Å². The Bertz CT molecular complexity index is 790. The minimum absolute atomic E-state index is 0. The molecule has 0 radical (unpaired) electrons. The molecule has 28 heavy (non-hydrogen) atoms. The van der Waals surface area contributed by atoms with Crippen LogP contribution >= 0.6 is 35.3 Å². The van der Waals surface area contributed by atoms with Crippen LogP contribution in [0.3, 0.4) is 0 Å². The van der Waals surface area contributed by atoms with E-state index in [4.69, 9.17) is 0 Å². The van der Waals surface area contributed by atoms with Gasteiger partial charge in [-0.05, 0) is 37.5 Å². The number of nitrogens with one attached hydrogen (secondary N) is 2. The number of benzene rings is 1. The van der Waals surface area contributed by atoms with Gasteiger partial charge in [0.1, 0.15) is 0 Å². The second-order valence-electron chi connectivity index (χ2n) is 6.63. The number of hydrogen-bond donors (Lipinski definition) is 2. The third-order valence-corrected chi connectivity index (χ3v) is 5.42. The maximum Gasteiger partial charge on any atom is 0.226 e. The zero-order valence-electron chi connectivity index (χ0n) is 16.4. The smallest absolute Gasteiger partial charge is 0.226 e. The molecular weight excluding hydrogens is 485 g/mol. The zero-order chi connectivity index (χ0) is 19.1. The molecule has 2 N–H and O–H groups in total. The normalized spacial score (nSPS) is 14.6. The number of aromatic nitrogens is 1. The number of carbonyl (C=O) groups is 1. The molecule has 0 aliphatic carbocycles. The van der Waals surface area contributed by atoms with E-state index in [1.807, 2.05) is 24.0 Å². The molecule has 3 rings (SSSR count). The van der Waals surface area contributed by atoms with Gasteiger partial charge in [0.05, 0.1) is 10.7 Å². The van der Waals surface area contributed by atoms with E-state index < -0.39 is 0 Å². The summed E-state index contributed by atoms with van der Waals surface area (Å²) in [5.41, 5.74) is 3.26. The molecule has 2 aromatic rings. The van der Waals surface area contributed by atoms with Crippen molar-refractivity contribution in [3.63, 3.8) is 0 Å². The average Bonchev–Trinajstić information content (AvgIpc) is 3.10. The maximum atomic E-state index is 12.0. The lowest BCUT2D eigenvalue weighted by molar-refractivity contribution is -0.119. The van der Waals surface area contributed by atoms with Crippen LogP contribution in [0.4, 0.5) is 5.69 Å². The lowest BCUT2D eigenvalue weighted by atomic mass is 10.1. The number of anilines is 1. The summed E-state index contributed by atoms with van der Waals surface area (Å²) in [6.07, 6.45) is 3.62. The molecule has 1 saturated heterocycles. The van der Waals surface area contributed by atoms with Crippen LogP contribution in [0.2, 0.25) is 0 Å². The molecule has 1 aliphatic rings. The minimum atomic E-state index is 0. The summed E-state index contributed by atoms with van der Waals surface area (Å²) in [6, 6.07) is 8.19. The van der Waals surface area contributed by atoms with Crippen molar-refractivity contribution in [3.05, 3.63) is 45.9 Å². The van der Waals surface area contributed by atoms with Gasteiger partial charge in [0.15, 0.2) is 5.96 Å². The quantitative estimate of drug-likeness (QED) is 0.353. The molecule has 6 nitrogen and oxygen atoms in total. The lowest BCUT2D eigenvalue weighted by Gasteiger charge is -2.26. The first kappa shape index (κ1) is 22.6. The van der Waals surface area contributed by atoms with Crippen LogP contribution in [-0.4, -0.2) is 37.0 Å². The van der Waals surface area contributed by atoms with Crippen molar-refractivity contribution < 1.29 is 4.79 Å². The molecule has 1 fully saturated rings. The van der Waals surface area contributed by atoms with Gasteiger partial charge in [0, 0.05) is 50.6 Å². The highest BCUT2D eigenvalue weighted by molar-refractivity contribution is 14.0. The first-order valence-corrected chi connectivity index (χ1v) is 10.3. The largest absolute Gasteiger partial charge is 0.356 e.